The summed E-state index contributed by atoms with van der Waals surface area (Å²) in [5.74, 6) is 0.587. The van der Waals surface area contributed by atoms with Crippen LogP contribution in [0.25, 0.3) is 11.4 Å². The van der Waals surface area contributed by atoms with Gasteiger partial charge >= 0.3 is 0 Å². The smallest absolute Gasteiger partial charge is 0.227 e. The molecule has 0 atom stereocenters. The summed E-state index contributed by atoms with van der Waals surface area (Å²) in [6, 6.07) is 8.01. The van der Waals surface area contributed by atoms with Gasteiger partial charge in [0.1, 0.15) is 5.01 Å². The summed E-state index contributed by atoms with van der Waals surface area (Å²) in [6.45, 7) is 4.30. The van der Waals surface area contributed by atoms with Crippen molar-refractivity contribution in [3.8, 4) is 11.4 Å². The molecule has 0 bridgehead atoms. The van der Waals surface area contributed by atoms with Crippen LogP contribution in [0.4, 0.5) is 5.13 Å². The van der Waals surface area contributed by atoms with Crippen molar-refractivity contribution in [2.75, 3.05) is 5.32 Å². The number of aryl methyl sites for hydroxylation is 2. The van der Waals surface area contributed by atoms with Gasteiger partial charge in [0.15, 0.2) is 10.6 Å². The molecule has 9 heteroatoms. The van der Waals surface area contributed by atoms with Crippen molar-refractivity contribution in [3.05, 3.63) is 39.6 Å². The minimum Gasteiger partial charge on any atom is -0.300 e. The number of hydrogen-bond acceptors (Lipinski definition) is 6. The molecular formula is C15H16N6OS2. The summed E-state index contributed by atoms with van der Waals surface area (Å²) in [7, 11) is 0. The van der Waals surface area contributed by atoms with Crippen LogP contribution >= 0.6 is 23.6 Å². The summed E-state index contributed by atoms with van der Waals surface area (Å²) < 4.78 is 2.32. The molecule has 2 aromatic heterocycles. The molecule has 1 amide bonds. The largest absolute Gasteiger partial charge is 0.300 e. The van der Waals surface area contributed by atoms with Gasteiger partial charge in [0.05, 0.1) is 0 Å². The lowest BCUT2D eigenvalue weighted by molar-refractivity contribution is -0.116. The number of carbonyl (C=O) groups is 1. The van der Waals surface area contributed by atoms with E-state index in [2.05, 4.69) is 25.7 Å². The van der Waals surface area contributed by atoms with Gasteiger partial charge in [0.25, 0.3) is 0 Å². The van der Waals surface area contributed by atoms with E-state index in [1.165, 1.54) is 16.9 Å². The summed E-state index contributed by atoms with van der Waals surface area (Å²) in [5.41, 5.74) is 2.12. The first kappa shape index (κ1) is 16.5. The maximum Gasteiger partial charge on any atom is 0.227 e. The van der Waals surface area contributed by atoms with E-state index >= 15 is 0 Å². The quantitative estimate of drug-likeness (QED) is 0.683. The number of anilines is 1. The van der Waals surface area contributed by atoms with Gasteiger partial charge < -0.3 is 5.32 Å². The fraction of sp³-hybridized carbons (Fsp3) is 0.267. The molecule has 0 unspecified atom stereocenters. The van der Waals surface area contributed by atoms with Crippen molar-refractivity contribution in [2.24, 2.45) is 0 Å². The molecule has 0 fully saturated rings. The average molecular weight is 360 g/mol. The van der Waals surface area contributed by atoms with E-state index in [0.717, 1.165) is 16.4 Å². The van der Waals surface area contributed by atoms with Gasteiger partial charge in [0, 0.05) is 18.5 Å². The molecular weight excluding hydrogens is 344 g/mol. The van der Waals surface area contributed by atoms with Crippen molar-refractivity contribution in [3.63, 3.8) is 0 Å². The Morgan fingerprint density at radius 2 is 2.04 bits per heavy atom. The summed E-state index contributed by atoms with van der Waals surface area (Å²) in [6.07, 6.45) is 0.269. The highest BCUT2D eigenvalue weighted by molar-refractivity contribution is 7.71. The second-order valence-corrected chi connectivity index (χ2v) is 6.86. The van der Waals surface area contributed by atoms with Gasteiger partial charge in [-0.2, -0.15) is 5.10 Å². The molecule has 1 aromatic carbocycles. The molecule has 0 aliphatic heterocycles. The maximum absolute atomic E-state index is 12.1. The van der Waals surface area contributed by atoms with Crippen LogP contribution in [0.5, 0.6) is 0 Å². The van der Waals surface area contributed by atoms with Crippen LogP contribution in [-0.4, -0.2) is 30.9 Å². The number of nitrogens with one attached hydrogen (secondary N) is 2. The van der Waals surface area contributed by atoms with E-state index in [4.69, 9.17) is 12.2 Å². The fourth-order valence-corrected chi connectivity index (χ4v) is 3.02. The van der Waals surface area contributed by atoms with Crippen LogP contribution in [0.1, 0.15) is 17.0 Å². The Bertz CT molecular complexity index is 909. The van der Waals surface area contributed by atoms with E-state index in [1.807, 2.05) is 42.7 Å². The van der Waals surface area contributed by atoms with Gasteiger partial charge in [-0.15, -0.1) is 10.2 Å². The van der Waals surface area contributed by atoms with Crippen molar-refractivity contribution in [1.82, 2.24) is 25.0 Å². The highest BCUT2D eigenvalue weighted by Crippen LogP contribution is 2.19. The Labute approximate surface area is 147 Å². The Morgan fingerprint density at radius 1 is 1.29 bits per heavy atom. The van der Waals surface area contributed by atoms with Gasteiger partial charge in [-0.05, 0) is 26.1 Å². The van der Waals surface area contributed by atoms with E-state index < -0.39 is 0 Å². The highest BCUT2D eigenvalue weighted by Gasteiger charge is 2.12. The molecule has 3 rings (SSSR count). The second kappa shape index (κ2) is 7.02. The van der Waals surface area contributed by atoms with Gasteiger partial charge in [-0.3, -0.25) is 14.5 Å². The van der Waals surface area contributed by atoms with E-state index in [0.29, 0.717) is 16.4 Å². The Kier molecular flexibility index (Phi) is 4.81. The Hall–Kier alpha value is -2.39. The molecule has 0 aliphatic rings. The summed E-state index contributed by atoms with van der Waals surface area (Å²) in [5, 5.41) is 18.9. The van der Waals surface area contributed by atoms with Crippen molar-refractivity contribution < 1.29 is 4.79 Å². The van der Waals surface area contributed by atoms with E-state index in [1.54, 1.807) is 0 Å². The number of H-pyrrole nitrogens is 1. The van der Waals surface area contributed by atoms with Crippen LogP contribution in [0.15, 0.2) is 24.3 Å². The first-order chi connectivity index (χ1) is 11.5. The predicted octanol–water partition coefficient (Wildman–Crippen LogP) is 3.10. The Balaban J connectivity index is 1.71. The lowest BCUT2D eigenvalue weighted by Gasteiger charge is -2.07. The number of amides is 1. The molecule has 24 heavy (non-hydrogen) atoms. The standard InChI is InChI=1S/C15H16N6OS2/c1-9-3-5-11(6-4-9)13-18-20-15(23)21(13)8-7-12(22)16-14-19-17-10(2)24-14/h3-6H,7-8H2,1-2H3,(H,20,23)(H,16,19,22). The lowest BCUT2D eigenvalue weighted by atomic mass is 10.1. The number of carbonyl (C=O) groups excluding carboxylic acids is 1. The van der Waals surface area contributed by atoms with Crippen LogP contribution in [-0.2, 0) is 11.3 Å². The van der Waals surface area contributed by atoms with E-state index in [-0.39, 0.29) is 12.3 Å². The summed E-state index contributed by atoms with van der Waals surface area (Å²) >= 11 is 6.62. The molecule has 0 spiro atoms. The van der Waals surface area contributed by atoms with E-state index in [9.17, 15) is 4.79 Å². The number of rotatable bonds is 5. The van der Waals surface area contributed by atoms with Gasteiger partial charge in [-0.1, -0.05) is 41.2 Å². The molecule has 0 radical (unpaired) electrons. The molecule has 2 N–H and O–H groups in total. The summed E-state index contributed by atoms with van der Waals surface area (Å²) in [4.78, 5) is 12.1. The third kappa shape index (κ3) is 3.74. The first-order valence-corrected chi connectivity index (χ1v) is 8.57. The number of aromatic nitrogens is 5. The van der Waals surface area contributed by atoms with Crippen molar-refractivity contribution in [2.45, 2.75) is 26.8 Å². The first-order valence-electron chi connectivity index (χ1n) is 7.35. The van der Waals surface area contributed by atoms with Crippen LogP contribution in [0.3, 0.4) is 0 Å². The third-order valence-electron chi connectivity index (χ3n) is 3.40. The van der Waals surface area contributed by atoms with Crippen LogP contribution < -0.4 is 5.32 Å². The third-order valence-corrected chi connectivity index (χ3v) is 4.47. The normalized spacial score (nSPS) is 10.8. The minimum atomic E-state index is -0.135. The molecule has 0 aliphatic carbocycles. The highest BCUT2D eigenvalue weighted by atomic mass is 32.1. The van der Waals surface area contributed by atoms with Crippen molar-refractivity contribution in [1.29, 1.82) is 0 Å². The zero-order valence-electron chi connectivity index (χ0n) is 13.2. The fourth-order valence-electron chi connectivity index (χ4n) is 2.19. The maximum atomic E-state index is 12.1. The van der Waals surface area contributed by atoms with Gasteiger partial charge in [0.2, 0.25) is 11.0 Å². The van der Waals surface area contributed by atoms with Crippen molar-refractivity contribution >= 4 is 34.6 Å². The zero-order chi connectivity index (χ0) is 17.1. The lowest BCUT2D eigenvalue weighted by Crippen LogP contribution is -2.15. The molecule has 0 saturated carbocycles. The predicted molar refractivity (Wildman–Crippen MR) is 95.5 cm³/mol. The number of aromatic amines is 1. The number of hydrogen-bond donors (Lipinski definition) is 2. The van der Waals surface area contributed by atoms with Crippen LogP contribution in [0.2, 0.25) is 0 Å². The monoisotopic (exact) mass is 360 g/mol. The topological polar surface area (TPSA) is 88.5 Å². The Morgan fingerprint density at radius 3 is 2.71 bits per heavy atom. The average Bonchev–Trinajstić information content (AvgIpc) is 3.12. The number of nitrogens with zero attached hydrogens (tertiary/aromatic N) is 4. The van der Waals surface area contributed by atoms with Gasteiger partial charge in [-0.25, -0.2) is 0 Å². The SMILES string of the molecule is Cc1ccc(-c2n[nH]c(=S)n2CCC(=O)Nc2nnc(C)s2)cc1. The molecule has 0 saturated heterocycles. The minimum absolute atomic E-state index is 0.135. The molecule has 7 nitrogen and oxygen atoms in total. The zero-order valence-corrected chi connectivity index (χ0v) is 14.9. The molecule has 2 heterocycles. The number of benzene rings is 1. The second-order valence-electron chi connectivity index (χ2n) is 5.29. The van der Waals surface area contributed by atoms with Crippen LogP contribution in [0, 0.1) is 18.6 Å². The molecule has 124 valence electrons. The molecule has 3 aromatic rings.